The topological polar surface area (TPSA) is 48.1 Å². The maximum atomic E-state index is 3.80. The summed E-state index contributed by atoms with van der Waals surface area (Å²) in [7, 11) is 0. The standard InChI is InChI=1S/C8H15N.C7H15N.C6H11N.C3H7N.W/c1-6-4-7-2-3-8(5-6)9-7;1-5-7(4)8-6(2)3;1-4-5-2-7-3-6(4)5;1-2-4-3-1;/h6-9H,2-5H2,1H3;5-8H,2H2,1,3-4H3;4-7H,2-3H2,1H3;4H,1-3H2;/q;-2;;;+2. The van der Waals surface area contributed by atoms with E-state index >= 15 is 0 Å². The fourth-order valence-electron chi connectivity index (χ4n) is 4.79. The molecule has 29 heavy (non-hydrogen) atoms. The number of fused-ring (bicyclic) bond motifs is 3. The number of hydrogen-bond donors (Lipinski definition) is 4. The van der Waals surface area contributed by atoms with Crippen molar-refractivity contribution in [3.63, 3.8) is 0 Å². The Labute approximate surface area is 196 Å². The van der Waals surface area contributed by atoms with Crippen LogP contribution < -0.4 is 21.3 Å². The molecular formula is C24H48N4W. The van der Waals surface area contributed by atoms with Crippen molar-refractivity contribution in [2.24, 2.45) is 23.7 Å². The molecule has 6 atom stereocenters. The zero-order chi connectivity index (χ0) is 20.5. The van der Waals surface area contributed by atoms with Gasteiger partial charge in [-0.3, -0.25) is 0 Å². The number of rotatable bonds is 3. The first-order chi connectivity index (χ1) is 13.4. The van der Waals surface area contributed by atoms with Crippen LogP contribution in [0.15, 0.2) is 0 Å². The smallest absolute Gasteiger partial charge is 0.371 e. The summed E-state index contributed by atoms with van der Waals surface area (Å²) in [6.07, 6.45) is 9.23. The largest absolute Gasteiger partial charge is 2.00 e. The molecule has 4 N–H and O–H groups in total. The van der Waals surface area contributed by atoms with Crippen molar-refractivity contribution in [2.45, 2.75) is 90.9 Å². The van der Waals surface area contributed by atoms with Gasteiger partial charge in [0.15, 0.2) is 0 Å². The molecule has 1 saturated carbocycles. The molecule has 0 aromatic carbocycles. The van der Waals surface area contributed by atoms with Crippen LogP contribution in [-0.2, 0) is 21.1 Å². The van der Waals surface area contributed by atoms with E-state index < -0.39 is 0 Å². The Bertz CT molecular complexity index is 390. The van der Waals surface area contributed by atoms with Gasteiger partial charge >= 0.3 is 21.1 Å². The van der Waals surface area contributed by atoms with Gasteiger partial charge in [-0.25, -0.2) is 0 Å². The molecule has 5 aliphatic rings. The van der Waals surface area contributed by atoms with Crippen molar-refractivity contribution >= 4 is 0 Å². The monoisotopic (exact) mass is 576 g/mol. The Kier molecular flexibility index (Phi) is 13.8. The summed E-state index contributed by atoms with van der Waals surface area (Å²) in [6.45, 7) is 19.8. The Morgan fingerprint density at radius 2 is 1.45 bits per heavy atom. The van der Waals surface area contributed by atoms with E-state index in [1.54, 1.807) is 0 Å². The van der Waals surface area contributed by atoms with E-state index in [0.717, 1.165) is 35.8 Å². The van der Waals surface area contributed by atoms with Gasteiger partial charge in [0.2, 0.25) is 0 Å². The summed E-state index contributed by atoms with van der Waals surface area (Å²) in [5.41, 5.74) is 0. The van der Waals surface area contributed by atoms with E-state index in [-0.39, 0.29) is 21.1 Å². The van der Waals surface area contributed by atoms with Crippen molar-refractivity contribution in [3.05, 3.63) is 13.3 Å². The van der Waals surface area contributed by atoms with E-state index in [2.05, 4.69) is 55.4 Å². The summed E-state index contributed by atoms with van der Waals surface area (Å²) in [6, 6.07) is 2.61. The molecule has 5 fully saturated rings. The average Bonchev–Trinajstić information content (AvgIpc) is 2.94. The van der Waals surface area contributed by atoms with Gasteiger partial charge in [-0.1, -0.05) is 27.7 Å². The molecule has 5 rings (SSSR count). The van der Waals surface area contributed by atoms with Crippen LogP contribution in [0.4, 0.5) is 0 Å². The zero-order valence-electron chi connectivity index (χ0n) is 19.7. The molecule has 0 aromatic rings. The average molecular weight is 577 g/mol. The molecule has 0 amide bonds. The second kappa shape index (κ2) is 14.6. The third-order valence-corrected chi connectivity index (χ3v) is 6.98. The van der Waals surface area contributed by atoms with Crippen LogP contribution in [0, 0.1) is 37.0 Å². The maximum Gasteiger partial charge on any atom is 2.00 e. The molecule has 0 aromatic heterocycles. The first kappa shape index (κ1) is 27.6. The van der Waals surface area contributed by atoms with Gasteiger partial charge in [-0.15, -0.1) is 12.1 Å². The summed E-state index contributed by atoms with van der Waals surface area (Å²) in [5.74, 6) is 4.19. The van der Waals surface area contributed by atoms with Crippen molar-refractivity contribution in [1.82, 2.24) is 21.3 Å². The number of hydrogen-bond acceptors (Lipinski definition) is 4. The fourth-order valence-corrected chi connectivity index (χ4v) is 4.79. The van der Waals surface area contributed by atoms with Crippen LogP contribution in [-0.4, -0.2) is 50.3 Å². The minimum Gasteiger partial charge on any atom is -0.371 e. The van der Waals surface area contributed by atoms with Gasteiger partial charge < -0.3 is 34.6 Å². The molecule has 5 heteroatoms. The Morgan fingerprint density at radius 1 is 0.966 bits per heavy atom. The molecule has 0 spiro atoms. The van der Waals surface area contributed by atoms with E-state index in [0.29, 0.717) is 12.1 Å². The normalized spacial score (nSPS) is 37.4. The van der Waals surface area contributed by atoms with Crippen molar-refractivity contribution in [3.8, 4) is 0 Å². The molecule has 4 aliphatic heterocycles. The van der Waals surface area contributed by atoms with Crippen LogP contribution in [0.2, 0.25) is 0 Å². The van der Waals surface area contributed by atoms with Crippen molar-refractivity contribution in [1.29, 1.82) is 0 Å². The van der Waals surface area contributed by atoms with Crippen LogP contribution in [0.25, 0.3) is 0 Å². The minimum absolute atomic E-state index is 0. The molecular weight excluding hydrogens is 528 g/mol. The summed E-state index contributed by atoms with van der Waals surface area (Å²) < 4.78 is 0. The second-order valence-corrected chi connectivity index (χ2v) is 9.85. The van der Waals surface area contributed by atoms with Crippen LogP contribution >= 0.6 is 0 Å². The summed E-state index contributed by atoms with van der Waals surface area (Å²) in [5, 5.41) is 13.3. The fraction of sp³-hybridized carbons (Fsp3) is 0.917. The van der Waals surface area contributed by atoms with Gasteiger partial charge in [0, 0.05) is 12.1 Å². The van der Waals surface area contributed by atoms with Gasteiger partial charge in [0.25, 0.3) is 0 Å². The molecule has 4 saturated heterocycles. The second-order valence-electron chi connectivity index (χ2n) is 9.85. The summed E-state index contributed by atoms with van der Waals surface area (Å²) >= 11 is 0. The molecule has 6 unspecified atom stereocenters. The van der Waals surface area contributed by atoms with Gasteiger partial charge in [0.05, 0.1) is 0 Å². The van der Waals surface area contributed by atoms with Crippen LogP contribution in [0.1, 0.15) is 66.7 Å². The molecule has 4 heterocycles. The molecule has 1 aliphatic carbocycles. The molecule has 170 valence electrons. The maximum absolute atomic E-state index is 3.80. The van der Waals surface area contributed by atoms with Gasteiger partial charge in [-0.05, 0) is 82.0 Å². The van der Waals surface area contributed by atoms with Crippen LogP contribution in [0.3, 0.4) is 0 Å². The van der Waals surface area contributed by atoms with Crippen molar-refractivity contribution < 1.29 is 21.1 Å². The Balaban J connectivity index is 0.000000197. The van der Waals surface area contributed by atoms with Crippen molar-refractivity contribution in [2.75, 3.05) is 26.2 Å². The third kappa shape index (κ3) is 10.6. The number of nitrogens with one attached hydrogen (secondary N) is 4. The predicted octanol–water partition coefficient (Wildman–Crippen LogP) is 3.40. The molecule has 4 nitrogen and oxygen atoms in total. The van der Waals surface area contributed by atoms with Gasteiger partial charge in [-0.2, -0.15) is 6.92 Å². The van der Waals surface area contributed by atoms with E-state index in [1.807, 2.05) is 13.8 Å². The van der Waals surface area contributed by atoms with Crippen LogP contribution in [0.5, 0.6) is 0 Å². The van der Waals surface area contributed by atoms with Gasteiger partial charge in [0.1, 0.15) is 0 Å². The first-order valence-electron chi connectivity index (χ1n) is 12.0. The molecule has 0 radical (unpaired) electrons. The van der Waals surface area contributed by atoms with E-state index in [9.17, 15) is 0 Å². The van der Waals surface area contributed by atoms with E-state index in [4.69, 9.17) is 0 Å². The summed E-state index contributed by atoms with van der Waals surface area (Å²) in [4.78, 5) is 0. The SMILES string of the molecule is C1CNC1.CC1C2CNCC12.CC1CC2CCC(C1)N2.[CH2-]C(C)NC(C)[CH-]C.[W+2]. The number of piperidine rings is 2. The Morgan fingerprint density at radius 3 is 1.72 bits per heavy atom. The predicted molar refractivity (Wildman–Crippen MR) is 122 cm³/mol. The third-order valence-electron chi connectivity index (χ3n) is 6.98. The minimum atomic E-state index is 0. The molecule has 2 bridgehead atoms. The zero-order valence-corrected chi connectivity index (χ0v) is 22.6. The first-order valence-corrected chi connectivity index (χ1v) is 12.0. The Hall–Kier alpha value is 0.528. The van der Waals surface area contributed by atoms with E-state index in [1.165, 1.54) is 58.3 Å². The quantitative estimate of drug-likeness (QED) is 0.390.